The predicted octanol–water partition coefficient (Wildman–Crippen LogP) is 4.98. The predicted molar refractivity (Wildman–Crippen MR) is 115 cm³/mol. The van der Waals surface area contributed by atoms with Gasteiger partial charge in [-0.15, -0.1) is 0 Å². The monoisotopic (exact) mass is 416 g/mol. The Morgan fingerprint density at radius 3 is 2.53 bits per heavy atom. The highest BCUT2D eigenvalue weighted by atomic mass is 32.1. The fourth-order valence-electron chi connectivity index (χ4n) is 3.82. The molecule has 1 N–H and O–H groups in total. The molecule has 4 aromatic rings. The number of nitro groups is 1. The van der Waals surface area contributed by atoms with E-state index in [0.29, 0.717) is 17.9 Å². The first kappa shape index (κ1) is 18.3. The SMILES string of the molecule is O=C1C[C@H](c2ccsc2)c2c(-c3ccccc3)nn(-c3ccc([N+](=O)[O-])cc3)c2N1. The van der Waals surface area contributed by atoms with Crippen molar-refractivity contribution < 1.29 is 9.72 Å². The number of thiophene rings is 1. The molecule has 148 valence electrons. The van der Waals surface area contributed by atoms with Crippen LogP contribution in [0, 0.1) is 10.1 Å². The van der Waals surface area contributed by atoms with Crippen LogP contribution in [0.15, 0.2) is 71.4 Å². The number of rotatable bonds is 4. The van der Waals surface area contributed by atoms with Crippen molar-refractivity contribution >= 4 is 28.7 Å². The largest absolute Gasteiger partial charge is 0.310 e. The molecule has 0 bridgehead atoms. The molecule has 2 aromatic carbocycles. The van der Waals surface area contributed by atoms with Gasteiger partial charge in [0.25, 0.3) is 5.69 Å². The summed E-state index contributed by atoms with van der Waals surface area (Å²) in [7, 11) is 0. The number of non-ortho nitro benzene ring substituents is 1. The van der Waals surface area contributed by atoms with E-state index in [0.717, 1.165) is 22.4 Å². The molecule has 3 heterocycles. The number of nitrogens with one attached hydrogen (secondary N) is 1. The van der Waals surface area contributed by atoms with Gasteiger partial charge in [0, 0.05) is 35.6 Å². The molecule has 0 radical (unpaired) electrons. The molecular weight excluding hydrogens is 400 g/mol. The van der Waals surface area contributed by atoms with E-state index in [1.807, 2.05) is 41.8 Å². The Balaban J connectivity index is 1.73. The van der Waals surface area contributed by atoms with Gasteiger partial charge in [0.05, 0.1) is 16.3 Å². The fraction of sp³-hybridized carbons (Fsp3) is 0.0909. The minimum Gasteiger partial charge on any atom is -0.310 e. The van der Waals surface area contributed by atoms with Crippen molar-refractivity contribution in [1.82, 2.24) is 9.78 Å². The van der Waals surface area contributed by atoms with E-state index in [1.165, 1.54) is 12.1 Å². The van der Waals surface area contributed by atoms with Crippen molar-refractivity contribution in [3.05, 3.63) is 92.7 Å². The van der Waals surface area contributed by atoms with Gasteiger partial charge in [-0.1, -0.05) is 30.3 Å². The number of aromatic nitrogens is 2. The molecule has 0 spiro atoms. The number of anilines is 1. The van der Waals surface area contributed by atoms with Gasteiger partial charge in [0.15, 0.2) is 0 Å². The van der Waals surface area contributed by atoms with E-state index in [-0.39, 0.29) is 17.5 Å². The normalized spacial score (nSPS) is 15.5. The molecule has 0 saturated carbocycles. The van der Waals surface area contributed by atoms with Crippen LogP contribution in [0.3, 0.4) is 0 Å². The third-order valence-electron chi connectivity index (χ3n) is 5.22. The van der Waals surface area contributed by atoms with Crippen LogP contribution in [0.5, 0.6) is 0 Å². The van der Waals surface area contributed by atoms with Crippen LogP contribution in [0.4, 0.5) is 11.5 Å². The molecule has 0 unspecified atom stereocenters. The lowest BCUT2D eigenvalue weighted by molar-refractivity contribution is -0.384. The van der Waals surface area contributed by atoms with E-state index in [1.54, 1.807) is 28.2 Å². The van der Waals surface area contributed by atoms with Crippen molar-refractivity contribution in [2.24, 2.45) is 0 Å². The lowest BCUT2D eigenvalue weighted by Gasteiger charge is -2.24. The van der Waals surface area contributed by atoms with E-state index in [4.69, 9.17) is 5.10 Å². The topological polar surface area (TPSA) is 90.1 Å². The van der Waals surface area contributed by atoms with Crippen LogP contribution in [-0.4, -0.2) is 20.6 Å². The average Bonchev–Trinajstić information content (AvgIpc) is 3.42. The highest BCUT2D eigenvalue weighted by Crippen LogP contribution is 2.44. The van der Waals surface area contributed by atoms with E-state index in [2.05, 4.69) is 10.7 Å². The summed E-state index contributed by atoms with van der Waals surface area (Å²) in [5.41, 5.74) is 4.42. The Hall–Kier alpha value is -3.78. The van der Waals surface area contributed by atoms with Crippen LogP contribution in [0.2, 0.25) is 0 Å². The number of hydrogen-bond acceptors (Lipinski definition) is 5. The van der Waals surface area contributed by atoms with Crippen molar-refractivity contribution in [3.8, 4) is 16.9 Å². The van der Waals surface area contributed by atoms with Crippen LogP contribution < -0.4 is 5.32 Å². The van der Waals surface area contributed by atoms with Crippen molar-refractivity contribution in [3.63, 3.8) is 0 Å². The zero-order valence-electron chi connectivity index (χ0n) is 15.7. The first-order chi connectivity index (χ1) is 14.6. The molecule has 7 nitrogen and oxygen atoms in total. The third-order valence-corrected chi connectivity index (χ3v) is 5.92. The summed E-state index contributed by atoms with van der Waals surface area (Å²) in [5.74, 6) is 0.415. The minimum atomic E-state index is -0.438. The Kier molecular flexibility index (Phi) is 4.40. The zero-order chi connectivity index (χ0) is 20.7. The molecule has 0 fully saturated rings. The van der Waals surface area contributed by atoms with Gasteiger partial charge in [0.1, 0.15) is 5.82 Å². The lowest BCUT2D eigenvalue weighted by Crippen LogP contribution is -2.24. The summed E-state index contributed by atoms with van der Waals surface area (Å²) in [5, 5.41) is 22.9. The number of benzene rings is 2. The Morgan fingerprint density at radius 2 is 1.87 bits per heavy atom. The number of carbonyl (C=O) groups is 1. The van der Waals surface area contributed by atoms with E-state index >= 15 is 0 Å². The summed E-state index contributed by atoms with van der Waals surface area (Å²) in [6, 6.07) is 18.0. The number of hydrogen-bond donors (Lipinski definition) is 1. The van der Waals surface area contributed by atoms with Gasteiger partial charge in [-0.05, 0) is 34.5 Å². The van der Waals surface area contributed by atoms with E-state index < -0.39 is 4.92 Å². The molecule has 1 aliphatic heterocycles. The molecule has 30 heavy (non-hydrogen) atoms. The number of carbonyl (C=O) groups excluding carboxylic acids is 1. The lowest BCUT2D eigenvalue weighted by atomic mass is 9.86. The number of fused-ring (bicyclic) bond motifs is 1. The summed E-state index contributed by atoms with van der Waals surface area (Å²) < 4.78 is 1.66. The molecule has 8 heteroatoms. The van der Waals surface area contributed by atoms with Gasteiger partial charge >= 0.3 is 0 Å². The smallest absolute Gasteiger partial charge is 0.269 e. The maximum Gasteiger partial charge on any atom is 0.269 e. The Labute approximate surface area is 175 Å². The number of nitro benzene ring substituents is 1. The second-order valence-corrected chi connectivity index (χ2v) is 7.80. The van der Waals surface area contributed by atoms with Gasteiger partial charge in [-0.2, -0.15) is 16.4 Å². The van der Waals surface area contributed by atoms with Crippen molar-refractivity contribution in [1.29, 1.82) is 0 Å². The first-order valence-corrected chi connectivity index (χ1v) is 10.3. The second kappa shape index (κ2) is 7.23. The second-order valence-electron chi connectivity index (χ2n) is 7.02. The van der Waals surface area contributed by atoms with Gasteiger partial charge < -0.3 is 5.32 Å². The molecule has 0 saturated heterocycles. The van der Waals surface area contributed by atoms with Gasteiger partial charge in [0.2, 0.25) is 5.91 Å². The maximum absolute atomic E-state index is 12.6. The van der Waals surface area contributed by atoms with Crippen LogP contribution in [-0.2, 0) is 4.79 Å². The Bertz CT molecular complexity index is 1230. The first-order valence-electron chi connectivity index (χ1n) is 9.37. The maximum atomic E-state index is 12.6. The van der Waals surface area contributed by atoms with Gasteiger partial charge in [-0.25, -0.2) is 4.68 Å². The fourth-order valence-corrected chi connectivity index (χ4v) is 4.53. The van der Waals surface area contributed by atoms with Crippen molar-refractivity contribution in [2.45, 2.75) is 12.3 Å². The standard InChI is InChI=1S/C22H16N4O3S/c27-19-12-18(15-10-11-30-13-15)20-21(14-4-2-1-3-5-14)24-25(22(20)23-19)16-6-8-17(9-7-16)26(28)29/h1-11,13,18H,12H2,(H,23,27)/t18-/m1/s1. The average molecular weight is 416 g/mol. The molecule has 1 aliphatic rings. The molecular formula is C22H16N4O3S. The highest BCUT2D eigenvalue weighted by Gasteiger charge is 2.34. The van der Waals surface area contributed by atoms with Crippen LogP contribution in [0.25, 0.3) is 16.9 Å². The zero-order valence-corrected chi connectivity index (χ0v) is 16.5. The van der Waals surface area contributed by atoms with Crippen LogP contribution >= 0.6 is 11.3 Å². The summed E-state index contributed by atoms with van der Waals surface area (Å²) >= 11 is 1.60. The highest BCUT2D eigenvalue weighted by molar-refractivity contribution is 7.08. The van der Waals surface area contributed by atoms with E-state index in [9.17, 15) is 14.9 Å². The summed E-state index contributed by atoms with van der Waals surface area (Å²) in [6.45, 7) is 0. The third kappa shape index (κ3) is 3.07. The Morgan fingerprint density at radius 1 is 1.10 bits per heavy atom. The van der Waals surface area contributed by atoms with Crippen molar-refractivity contribution in [2.75, 3.05) is 5.32 Å². The molecule has 5 rings (SSSR count). The molecule has 1 amide bonds. The minimum absolute atomic E-state index is 0.00300. The van der Waals surface area contributed by atoms with Gasteiger partial charge in [-0.3, -0.25) is 14.9 Å². The number of amides is 1. The quantitative estimate of drug-likeness (QED) is 0.375. The molecule has 2 aromatic heterocycles. The number of nitrogens with zero attached hydrogens (tertiary/aromatic N) is 3. The van der Waals surface area contributed by atoms with Crippen LogP contribution in [0.1, 0.15) is 23.5 Å². The molecule has 1 atom stereocenters. The molecule has 0 aliphatic carbocycles. The summed E-state index contributed by atoms with van der Waals surface area (Å²) in [4.78, 5) is 23.1. The summed E-state index contributed by atoms with van der Waals surface area (Å²) in [6.07, 6.45) is 0.343.